The molecule has 10 heavy (non-hydrogen) atoms. The van der Waals surface area contributed by atoms with Crippen LogP contribution in [0.1, 0.15) is 13.3 Å². The third-order valence-electron chi connectivity index (χ3n) is 1.91. The van der Waals surface area contributed by atoms with Gasteiger partial charge in [0, 0.05) is 7.11 Å². The van der Waals surface area contributed by atoms with E-state index >= 15 is 0 Å². The highest BCUT2D eigenvalue weighted by Gasteiger charge is 2.75. The molecule has 2 N–H and O–H groups in total. The van der Waals surface area contributed by atoms with Crippen LogP contribution in [0, 0.1) is 0 Å². The Morgan fingerprint density at radius 1 is 1.70 bits per heavy atom. The zero-order chi connectivity index (χ0) is 7.99. The van der Waals surface area contributed by atoms with Crippen LogP contribution in [-0.4, -0.2) is 28.5 Å². The Balaban J connectivity index is 2.79. The van der Waals surface area contributed by atoms with E-state index in [0.717, 1.165) is 0 Å². The van der Waals surface area contributed by atoms with Gasteiger partial charge >= 0.3 is 0 Å². The van der Waals surface area contributed by atoms with Gasteiger partial charge in [-0.05, 0) is 6.42 Å². The molecule has 1 heterocycles. The second-order valence-corrected chi connectivity index (χ2v) is 5.23. The summed E-state index contributed by atoms with van der Waals surface area (Å²) in [7, 11) is -1.86. The van der Waals surface area contributed by atoms with Crippen LogP contribution in [-0.2, 0) is 9.09 Å². The Kier molecular flexibility index (Phi) is 1.68. The van der Waals surface area contributed by atoms with Gasteiger partial charge in [-0.25, -0.2) is 0 Å². The average Bonchev–Trinajstić information content (AvgIpc) is 2.29. The molecule has 1 aliphatic heterocycles. The minimum atomic E-state index is -3.10. The van der Waals surface area contributed by atoms with Crippen molar-refractivity contribution in [1.29, 1.82) is 0 Å². The monoisotopic (exact) mass is 166 g/mol. The van der Waals surface area contributed by atoms with Gasteiger partial charge in [-0.1, -0.05) is 6.92 Å². The first-order valence-corrected chi connectivity index (χ1v) is 4.80. The summed E-state index contributed by atoms with van der Waals surface area (Å²) in [5.74, 6) is 0. The molecule has 4 nitrogen and oxygen atoms in total. The third kappa shape index (κ3) is 0.705. The summed E-state index contributed by atoms with van der Waals surface area (Å²) in [5, 5.41) is 18.0. The fourth-order valence-corrected chi connectivity index (χ4v) is 3.47. The van der Waals surface area contributed by atoms with E-state index in [0.29, 0.717) is 6.42 Å². The molecule has 0 saturated carbocycles. The van der Waals surface area contributed by atoms with Gasteiger partial charge in [0.05, 0.1) is 0 Å². The molecule has 0 aromatic rings. The van der Waals surface area contributed by atoms with Crippen molar-refractivity contribution in [1.82, 2.24) is 0 Å². The van der Waals surface area contributed by atoms with Crippen molar-refractivity contribution < 1.29 is 19.3 Å². The molecular formula is C5H11O4P. The van der Waals surface area contributed by atoms with Crippen molar-refractivity contribution in [3.63, 3.8) is 0 Å². The van der Waals surface area contributed by atoms with Crippen LogP contribution >= 0.6 is 7.37 Å². The van der Waals surface area contributed by atoms with Crippen LogP contribution in [0.3, 0.4) is 0 Å². The SMILES string of the molecule is CCC1C(O)(O)P1(=O)OC. The first kappa shape index (κ1) is 8.21. The summed E-state index contributed by atoms with van der Waals surface area (Å²) in [6, 6.07) is 0. The lowest BCUT2D eigenvalue weighted by atomic mass is 10.3. The second kappa shape index (κ2) is 2.05. The molecule has 0 aromatic carbocycles. The highest BCUT2D eigenvalue weighted by atomic mass is 31.2. The lowest BCUT2D eigenvalue weighted by molar-refractivity contribution is -0.0515. The lowest BCUT2D eigenvalue weighted by Crippen LogP contribution is -2.10. The van der Waals surface area contributed by atoms with Crippen molar-refractivity contribution in [2.24, 2.45) is 0 Å². The molecule has 60 valence electrons. The van der Waals surface area contributed by atoms with Gasteiger partial charge < -0.3 is 14.7 Å². The van der Waals surface area contributed by atoms with Gasteiger partial charge in [-0.15, -0.1) is 0 Å². The van der Waals surface area contributed by atoms with E-state index < -0.39 is 18.6 Å². The summed E-state index contributed by atoms with van der Waals surface area (Å²) in [5.41, 5.74) is -2.62. The average molecular weight is 166 g/mol. The third-order valence-corrected chi connectivity index (χ3v) is 4.95. The minimum Gasteiger partial charge on any atom is -0.357 e. The fourth-order valence-electron chi connectivity index (χ4n) is 1.18. The molecule has 0 amide bonds. The Bertz CT molecular complexity index is 188. The van der Waals surface area contributed by atoms with Crippen LogP contribution in [0.5, 0.6) is 0 Å². The molecule has 1 saturated heterocycles. The van der Waals surface area contributed by atoms with Crippen LogP contribution in [0.15, 0.2) is 0 Å². The molecule has 1 fully saturated rings. The first-order chi connectivity index (χ1) is 4.50. The maximum absolute atomic E-state index is 11.2. The van der Waals surface area contributed by atoms with Crippen LogP contribution in [0.4, 0.5) is 0 Å². The first-order valence-electron chi connectivity index (χ1n) is 3.11. The van der Waals surface area contributed by atoms with Gasteiger partial charge in [-0.2, -0.15) is 0 Å². The number of hydrogen-bond donors (Lipinski definition) is 2. The molecule has 2 atom stereocenters. The molecule has 0 radical (unpaired) electrons. The quantitative estimate of drug-likeness (QED) is 0.458. The Morgan fingerprint density at radius 2 is 2.20 bits per heavy atom. The molecule has 0 aliphatic carbocycles. The van der Waals surface area contributed by atoms with E-state index in [1.54, 1.807) is 6.92 Å². The molecule has 0 bridgehead atoms. The van der Waals surface area contributed by atoms with Crippen molar-refractivity contribution >= 4 is 7.37 Å². The van der Waals surface area contributed by atoms with Crippen LogP contribution in [0.2, 0.25) is 0 Å². The van der Waals surface area contributed by atoms with Gasteiger partial charge in [0.25, 0.3) is 12.9 Å². The summed E-state index contributed by atoms with van der Waals surface area (Å²) in [6.07, 6.45) is 0.470. The summed E-state index contributed by atoms with van der Waals surface area (Å²) in [6.45, 7) is 1.74. The van der Waals surface area contributed by atoms with E-state index in [2.05, 4.69) is 4.52 Å². The molecule has 0 aromatic heterocycles. The Morgan fingerprint density at radius 3 is 2.30 bits per heavy atom. The van der Waals surface area contributed by atoms with Crippen molar-refractivity contribution in [3.05, 3.63) is 0 Å². The molecular weight excluding hydrogens is 155 g/mol. The van der Waals surface area contributed by atoms with Crippen molar-refractivity contribution in [2.45, 2.75) is 24.5 Å². The maximum Gasteiger partial charge on any atom is 0.269 e. The van der Waals surface area contributed by atoms with Crippen LogP contribution < -0.4 is 0 Å². The van der Waals surface area contributed by atoms with E-state index in [4.69, 9.17) is 10.2 Å². The largest absolute Gasteiger partial charge is 0.357 e. The van der Waals surface area contributed by atoms with E-state index in [1.807, 2.05) is 0 Å². The smallest absolute Gasteiger partial charge is 0.269 e. The van der Waals surface area contributed by atoms with E-state index in [9.17, 15) is 4.57 Å². The normalized spacial score (nSPS) is 43.4. The van der Waals surface area contributed by atoms with E-state index in [1.165, 1.54) is 7.11 Å². The number of hydrogen-bond acceptors (Lipinski definition) is 4. The van der Waals surface area contributed by atoms with Gasteiger partial charge in [0.15, 0.2) is 0 Å². The zero-order valence-corrected chi connectivity index (χ0v) is 6.84. The molecule has 0 spiro atoms. The molecule has 1 rings (SSSR count). The molecule has 2 unspecified atom stereocenters. The van der Waals surface area contributed by atoms with Crippen molar-refractivity contribution in [2.75, 3.05) is 7.11 Å². The predicted molar refractivity (Wildman–Crippen MR) is 35.9 cm³/mol. The second-order valence-electron chi connectivity index (χ2n) is 2.39. The maximum atomic E-state index is 11.2. The summed E-state index contributed by atoms with van der Waals surface area (Å²) < 4.78 is 15.7. The molecule has 5 heteroatoms. The van der Waals surface area contributed by atoms with Gasteiger partial charge in [0.2, 0.25) is 0 Å². The highest BCUT2D eigenvalue weighted by molar-refractivity contribution is 7.69. The van der Waals surface area contributed by atoms with Gasteiger partial charge in [-0.3, -0.25) is 4.57 Å². The Hall–Kier alpha value is 0.110. The zero-order valence-electron chi connectivity index (χ0n) is 5.94. The topological polar surface area (TPSA) is 66.8 Å². The minimum absolute atomic E-state index is 0.470. The summed E-state index contributed by atoms with van der Waals surface area (Å²) in [4.78, 5) is 0. The van der Waals surface area contributed by atoms with Crippen LogP contribution in [0.25, 0.3) is 0 Å². The standard InChI is InChI=1S/C5H11O4P/c1-3-4-5(6,7)10(4,8)9-2/h4,6-7H,3H2,1-2H3. The van der Waals surface area contributed by atoms with Crippen molar-refractivity contribution in [3.8, 4) is 0 Å². The lowest BCUT2D eigenvalue weighted by Gasteiger charge is -1.96. The molecule has 1 aliphatic rings. The highest BCUT2D eigenvalue weighted by Crippen LogP contribution is 2.80. The number of aliphatic hydroxyl groups is 2. The predicted octanol–water partition coefficient (Wildman–Crippen LogP) is 0.342. The van der Waals surface area contributed by atoms with Gasteiger partial charge in [0.1, 0.15) is 5.66 Å². The Labute approximate surface area is 59.3 Å². The summed E-state index contributed by atoms with van der Waals surface area (Å²) >= 11 is 0. The van der Waals surface area contributed by atoms with E-state index in [-0.39, 0.29) is 0 Å². The fraction of sp³-hybridized carbons (Fsp3) is 1.00. The number of rotatable bonds is 2.